The fourth-order valence-corrected chi connectivity index (χ4v) is 2.76. The van der Waals surface area contributed by atoms with Gasteiger partial charge in [0.25, 0.3) is 0 Å². The van der Waals surface area contributed by atoms with Gasteiger partial charge in [0.2, 0.25) is 0 Å². The Morgan fingerprint density at radius 2 is 2.00 bits per heavy atom. The van der Waals surface area contributed by atoms with E-state index >= 15 is 0 Å². The summed E-state index contributed by atoms with van der Waals surface area (Å²) in [6.07, 6.45) is 6.89. The molecule has 0 bridgehead atoms. The molecule has 0 amide bonds. The summed E-state index contributed by atoms with van der Waals surface area (Å²) in [6, 6.07) is 8.54. The summed E-state index contributed by atoms with van der Waals surface area (Å²) in [6.45, 7) is 0.804. The van der Waals surface area contributed by atoms with Crippen molar-refractivity contribution < 1.29 is 9.50 Å². The number of benzene rings is 1. The van der Waals surface area contributed by atoms with Crippen molar-refractivity contribution in [3.05, 3.63) is 66.5 Å². The molecular formula is C18H17FN6O. The normalized spacial score (nSPS) is 11.2. The Bertz CT molecular complexity index is 1040. The predicted octanol–water partition coefficient (Wildman–Crippen LogP) is 2.55. The maximum atomic E-state index is 13.9. The minimum atomic E-state index is -0.250. The van der Waals surface area contributed by atoms with Gasteiger partial charge in [-0.3, -0.25) is 9.36 Å². The van der Waals surface area contributed by atoms with Gasteiger partial charge in [-0.05, 0) is 6.07 Å². The number of hydrogen-bond acceptors (Lipinski definition) is 5. The smallest absolute Gasteiger partial charge is 0.132 e. The van der Waals surface area contributed by atoms with E-state index in [2.05, 4.69) is 20.5 Å². The zero-order valence-corrected chi connectivity index (χ0v) is 13.9. The number of aromatic nitrogens is 5. The maximum absolute atomic E-state index is 13.9. The molecule has 0 aliphatic rings. The highest BCUT2D eigenvalue weighted by Gasteiger charge is 2.09. The van der Waals surface area contributed by atoms with Crippen LogP contribution in [0.25, 0.3) is 10.9 Å². The molecule has 4 aromatic rings. The van der Waals surface area contributed by atoms with E-state index in [0.29, 0.717) is 24.5 Å². The molecule has 7 nitrogen and oxygen atoms in total. The van der Waals surface area contributed by atoms with Crippen LogP contribution in [0.1, 0.15) is 5.56 Å². The second-order valence-electron chi connectivity index (χ2n) is 5.86. The molecule has 0 fully saturated rings. The number of anilines is 2. The van der Waals surface area contributed by atoms with E-state index in [1.807, 2.05) is 12.1 Å². The molecule has 1 aromatic carbocycles. The average molecular weight is 352 g/mol. The third kappa shape index (κ3) is 3.27. The number of rotatable bonds is 6. The standard InChI is InChI=1S/C18H17FN6O/c19-16-4-2-1-3-13(16)11-25-17-7-18(20-8-14(17)9-22-25)23-15-10-21-24(12-15)5-6-26/h1-4,7-10,12,26H,5-6,11H2,(H,20,23). The van der Waals surface area contributed by atoms with Crippen LogP contribution in [0.3, 0.4) is 0 Å². The molecule has 3 aromatic heterocycles. The molecule has 0 radical (unpaired) electrons. The zero-order chi connectivity index (χ0) is 17.9. The lowest BCUT2D eigenvalue weighted by atomic mass is 10.2. The molecule has 0 saturated heterocycles. The molecular weight excluding hydrogens is 335 g/mol. The van der Waals surface area contributed by atoms with Crippen molar-refractivity contribution in [1.29, 1.82) is 0 Å². The van der Waals surface area contributed by atoms with E-state index in [1.54, 1.807) is 46.3 Å². The highest BCUT2D eigenvalue weighted by molar-refractivity contribution is 5.81. The summed E-state index contributed by atoms with van der Waals surface area (Å²) in [4.78, 5) is 4.37. The van der Waals surface area contributed by atoms with Crippen LogP contribution in [0.5, 0.6) is 0 Å². The van der Waals surface area contributed by atoms with Crippen molar-refractivity contribution in [3.8, 4) is 0 Å². The monoisotopic (exact) mass is 352 g/mol. The Hall–Kier alpha value is -3.26. The number of aliphatic hydroxyl groups is 1. The van der Waals surface area contributed by atoms with Crippen molar-refractivity contribution in [2.45, 2.75) is 13.1 Å². The lowest BCUT2D eigenvalue weighted by Gasteiger charge is -2.07. The molecule has 0 aliphatic carbocycles. The molecule has 0 unspecified atom stereocenters. The van der Waals surface area contributed by atoms with Gasteiger partial charge in [-0.25, -0.2) is 9.37 Å². The van der Waals surface area contributed by atoms with E-state index in [0.717, 1.165) is 16.6 Å². The maximum Gasteiger partial charge on any atom is 0.132 e. The summed E-state index contributed by atoms with van der Waals surface area (Å²) in [5.74, 6) is 0.385. The first-order chi connectivity index (χ1) is 12.7. The summed E-state index contributed by atoms with van der Waals surface area (Å²) in [5.41, 5.74) is 2.20. The van der Waals surface area contributed by atoms with Gasteiger partial charge in [0.15, 0.2) is 0 Å². The summed E-state index contributed by atoms with van der Waals surface area (Å²) in [5, 5.41) is 21.5. The molecule has 3 heterocycles. The van der Waals surface area contributed by atoms with E-state index in [-0.39, 0.29) is 12.4 Å². The Morgan fingerprint density at radius 3 is 2.85 bits per heavy atom. The quantitative estimate of drug-likeness (QED) is 0.557. The first-order valence-electron chi connectivity index (χ1n) is 8.18. The van der Waals surface area contributed by atoms with Gasteiger partial charge >= 0.3 is 0 Å². The van der Waals surface area contributed by atoms with Gasteiger partial charge in [0, 0.05) is 29.4 Å². The summed E-state index contributed by atoms with van der Waals surface area (Å²) >= 11 is 0. The number of pyridine rings is 1. The largest absolute Gasteiger partial charge is 0.394 e. The number of aliphatic hydroxyl groups excluding tert-OH is 1. The lowest BCUT2D eigenvalue weighted by molar-refractivity contribution is 0.269. The molecule has 2 N–H and O–H groups in total. The second-order valence-corrected chi connectivity index (χ2v) is 5.86. The SMILES string of the molecule is OCCn1cc(Nc2cc3c(cn2)cnn3Cc2ccccc2F)cn1. The van der Waals surface area contributed by atoms with Crippen LogP contribution in [-0.4, -0.2) is 36.3 Å². The molecule has 8 heteroatoms. The number of fused-ring (bicyclic) bond motifs is 1. The Kier molecular flexibility index (Phi) is 4.32. The lowest BCUT2D eigenvalue weighted by Crippen LogP contribution is -2.04. The Labute approximate surface area is 148 Å². The fourth-order valence-electron chi connectivity index (χ4n) is 2.76. The molecule has 0 atom stereocenters. The van der Waals surface area contributed by atoms with Crippen molar-refractivity contribution in [3.63, 3.8) is 0 Å². The number of nitrogens with one attached hydrogen (secondary N) is 1. The van der Waals surface area contributed by atoms with Gasteiger partial charge in [-0.2, -0.15) is 10.2 Å². The number of hydrogen-bond donors (Lipinski definition) is 2. The number of nitrogens with zero attached hydrogens (tertiary/aromatic N) is 5. The molecule has 26 heavy (non-hydrogen) atoms. The molecule has 0 saturated carbocycles. The van der Waals surface area contributed by atoms with Crippen LogP contribution in [0.15, 0.2) is 55.1 Å². The first-order valence-corrected chi connectivity index (χ1v) is 8.18. The molecule has 132 valence electrons. The van der Waals surface area contributed by atoms with Crippen LogP contribution >= 0.6 is 0 Å². The highest BCUT2D eigenvalue weighted by Crippen LogP contribution is 2.21. The van der Waals surface area contributed by atoms with Gasteiger partial charge in [0.1, 0.15) is 11.6 Å². The van der Waals surface area contributed by atoms with E-state index in [9.17, 15) is 4.39 Å². The van der Waals surface area contributed by atoms with Crippen LogP contribution < -0.4 is 5.32 Å². The fraction of sp³-hybridized carbons (Fsp3) is 0.167. The van der Waals surface area contributed by atoms with Crippen LogP contribution in [0.2, 0.25) is 0 Å². The van der Waals surface area contributed by atoms with Crippen molar-refractivity contribution in [1.82, 2.24) is 24.5 Å². The van der Waals surface area contributed by atoms with Gasteiger partial charge < -0.3 is 10.4 Å². The average Bonchev–Trinajstić information content (AvgIpc) is 3.24. The van der Waals surface area contributed by atoms with Gasteiger partial charge in [-0.15, -0.1) is 0 Å². The minimum Gasteiger partial charge on any atom is -0.394 e. The van der Waals surface area contributed by atoms with Gasteiger partial charge in [-0.1, -0.05) is 18.2 Å². The van der Waals surface area contributed by atoms with Crippen molar-refractivity contribution in [2.75, 3.05) is 11.9 Å². The van der Waals surface area contributed by atoms with E-state index in [4.69, 9.17) is 5.11 Å². The third-order valence-corrected chi connectivity index (χ3v) is 4.04. The first kappa shape index (κ1) is 16.2. The van der Waals surface area contributed by atoms with E-state index < -0.39 is 0 Å². The van der Waals surface area contributed by atoms with Gasteiger partial charge in [0.05, 0.1) is 43.3 Å². The van der Waals surface area contributed by atoms with Crippen LogP contribution in [0.4, 0.5) is 15.9 Å². The Balaban J connectivity index is 1.60. The van der Waals surface area contributed by atoms with Crippen LogP contribution in [-0.2, 0) is 13.1 Å². The summed E-state index contributed by atoms with van der Waals surface area (Å²) in [7, 11) is 0. The number of halogens is 1. The molecule has 4 rings (SSSR count). The zero-order valence-electron chi connectivity index (χ0n) is 13.9. The highest BCUT2D eigenvalue weighted by atomic mass is 19.1. The topological polar surface area (TPSA) is 80.8 Å². The summed E-state index contributed by atoms with van der Waals surface area (Å²) < 4.78 is 17.3. The minimum absolute atomic E-state index is 0.0283. The van der Waals surface area contributed by atoms with Crippen LogP contribution in [0, 0.1) is 5.82 Å². The van der Waals surface area contributed by atoms with Crippen molar-refractivity contribution in [2.24, 2.45) is 0 Å². The second kappa shape index (κ2) is 6.93. The van der Waals surface area contributed by atoms with E-state index in [1.165, 1.54) is 6.07 Å². The third-order valence-electron chi connectivity index (χ3n) is 4.04. The Morgan fingerprint density at radius 1 is 1.12 bits per heavy atom. The molecule has 0 spiro atoms. The predicted molar refractivity (Wildman–Crippen MR) is 95.6 cm³/mol. The molecule has 0 aliphatic heterocycles. The van der Waals surface area contributed by atoms with Crippen molar-refractivity contribution >= 4 is 22.4 Å².